The molecule has 11 heavy (non-hydrogen) atoms. The Morgan fingerprint density at radius 1 is 1.55 bits per heavy atom. The van der Waals surface area contributed by atoms with E-state index in [4.69, 9.17) is 5.11 Å². The lowest BCUT2D eigenvalue weighted by Gasteiger charge is -1.95. The average molecular weight is 265 g/mol. The summed E-state index contributed by atoms with van der Waals surface area (Å²) in [5, 5.41) is 19.3. The van der Waals surface area contributed by atoms with Crippen LogP contribution in [0.1, 0.15) is 0 Å². The summed E-state index contributed by atoms with van der Waals surface area (Å²) < 4.78 is 0.273. The second kappa shape index (κ2) is 3.04. The molecule has 58 valence electrons. The fourth-order valence-corrected chi connectivity index (χ4v) is 1.21. The molecule has 0 aliphatic heterocycles. The SMILES string of the molecule is O=[N+]([O-])c1cccc(O)c1I. The van der Waals surface area contributed by atoms with Crippen molar-refractivity contribution in [3.8, 4) is 5.75 Å². The molecule has 1 N–H and O–H groups in total. The molecule has 0 atom stereocenters. The Kier molecular flexibility index (Phi) is 2.28. The number of rotatable bonds is 1. The molecule has 1 aromatic carbocycles. The summed E-state index contributed by atoms with van der Waals surface area (Å²) in [5.41, 5.74) is -0.0643. The van der Waals surface area contributed by atoms with Gasteiger partial charge in [0, 0.05) is 6.07 Å². The van der Waals surface area contributed by atoms with Crippen LogP contribution in [0.3, 0.4) is 0 Å². The maximum atomic E-state index is 10.3. The van der Waals surface area contributed by atoms with E-state index in [0.717, 1.165) is 0 Å². The molecule has 0 heterocycles. The van der Waals surface area contributed by atoms with Crippen LogP contribution in [0, 0.1) is 13.7 Å². The molecule has 0 spiro atoms. The number of aromatic hydroxyl groups is 1. The molecule has 0 saturated heterocycles. The summed E-state index contributed by atoms with van der Waals surface area (Å²) in [6, 6.07) is 4.20. The van der Waals surface area contributed by atoms with Gasteiger partial charge in [-0.15, -0.1) is 0 Å². The van der Waals surface area contributed by atoms with Crippen molar-refractivity contribution in [2.75, 3.05) is 0 Å². The molecule has 0 aliphatic rings. The normalized spacial score (nSPS) is 9.55. The van der Waals surface area contributed by atoms with Crippen LogP contribution >= 0.6 is 22.6 Å². The van der Waals surface area contributed by atoms with Gasteiger partial charge in [-0.1, -0.05) is 6.07 Å². The molecule has 0 amide bonds. The first-order valence-electron chi connectivity index (χ1n) is 2.75. The number of nitro benzene ring substituents is 1. The third-order valence-corrected chi connectivity index (χ3v) is 2.26. The lowest BCUT2D eigenvalue weighted by Crippen LogP contribution is -1.90. The van der Waals surface area contributed by atoms with Crippen molar-refractivity contribution in [1.29, 1.82) is 0 Å². The van der Waals surface area contributed by atoms with Crippen molar-refractivity contribution in [2.45, 2.75) is 0 Å². The lowest BCUT2D eigenvalue weighted by atomic mass is 10.3. The van der Waals surface area contributed by atoms with Crippen LogP contribution in [0.5, 0.6) is 5.75 Å². The zero-order valence-electron chi connectivity index (χ0n) is 5.32. The monoisotopic (exact) mass is 265 g/mol. The minimum absolute atomic E-state index is 0.0557. The van der Waals surface area contributed by atoms with E-state index in [2.05, 4.69) is 0 Å². The minimum Gasteiger partial charge on any atom is -0.507 e. The van der Waals surface area contributed by atoms with Gasteiger partial charge in [0.2, 0.25) is 0 Å². The topological polar surface area (TPSA) is 63.4 Å². The quantitative estimate of drug-likeness (QED) is 0.479. The van der Waals surface area contributed by atoms with Gasteiger partial charge in [0.25, 0.3) is 5.69 Å². The van der Waals surface area contributed by atoms with Gasteiger partial charge in [-0.25, -0.2) is 0 Å². The number of hydrogen-bond donors (Lipinski definition) is 1. The van der Waals surface area contributed by atoms with Gasteiger partial charge >= 0.3 is 0 Å². The maximum absolute atomic E-state index is 10.3. The molecule has 0 saturated carbocycles. The number of nitro groups is 1. The molecule has 0 fully saturated rings. The molecule has 0 radical (unpaired) electrons. The van der Waals surface area contributed by atoms with Gasteiger partial charge in [0.1, 0.15) is 9.32 Å². The summed E-state index contributed by atoms with van der Waals surface area (Å²) in [5.74, 6) is -0.0557. The van der Waals surface area contributed by atoms with Crippen LogP contribution in [-0.4, -0.2) is 10.0 Å². The third kappa shape index (κ3) is 1.59. The van der Waals surface area contributed by atoms with E-state index in [1.807, 2.05) is 0 Å². The molecule has 1 rings (SSSR count). The van der Waals surface area contributed by atoms with Crippen molar-refractivity contribution in [1.82, 2.24) is 0 Å². The number of halogens is 1. The Hall–Kier alpha value is -0.850. The van der Waals surface area contributed by atoms with E-state index in [9.17, 15) is 10.1 Å². The number of phenolic OH excluding ortho intramolecular Hbond substituents is 1. The average Bonchev–Trinajstić information content (AvgIpc) is 1.94. The zero-order chi connectivity index (χ0) is 8.43. The highest BCUT2D eigenvalue weighted by molar-refractivity contribution is 14.1. The number of nitrogens with zero attached hydrogens (tertiary/aromatic N) is 1. The van der Waals surface area contributed by atoms with Gasteiger partial charge in [0.05, 0.1) is 4.92 Å². The van der Waals surface area contributed by atoms with Crippen LogP contribution in [0.4, 0.5) is 5.69 Å². The van der Waals surface area contributed by atoms with Crippen molar-refractivity contribution in [3.63, 3.8) is 0 Å². The minimum atomic E-state index is -0.526. The Morgan fingerprint density at radius 2 is 2.18 bits per heavy atom. The van der Waals surface area contributed by atoms with Crippen LogP contribution in [0.15, 0.2) is 18.2 Å². The van der Waals surface area contributed by atoms with E-state index in [1.54, 1.807) is 22.6 Å². The fraction of sp³-hybridized carbons (Fsp3) is 0. The highest BCUT2D eigenvalue weighted by atomic mass is 127. The highest BCUT2D eigenvalue weighted by Gasteiger charge is 2.13. The van der Waals surface area contributed by atoms with Crippen molar-refractivity contribution < 1.29 is 10.0 Å². The largest absolute Gasteiger partial charge is 0.507 e. The number of hydrogen-bond acceptors (Lipinski definition) is 3. The van der Waals surface area contributed by atoms with Crippen LogP contribution in [-0.2, 0) is 0 Å². The summed E-state index contributed by atoms with van der Waals surface area (Å²) >= 11 is 1.73. The molecule has 0 unspecified atom stereocenters. The van der Waals surface area contributed by atoms with Gasteiger partial charge in [0.15, 0.2) is 0 Å². The fourth-order valence-electron chi connectivity index (χ4n) is 0.649. The molecule has 0 bridgehead atoms. The predicted molar refractivity (Wildman–Crippen MR) is 47.5 cm³/mol. The first kappa shape index (κ1) is 8.25. The van der Waals surface area contributed by atoms with Crippen molar-refractivity contribution in [3.05, 3.63) is 31.9 Å². The van der Waals surface area contributed by atoms with Crippen LogP contribution < -0.4 is 0 Å². The first-order chi connectivity index (χ1) is 5.13. The molecular weight excluding hydrogens is 261 g/mol. The van der Waals surface area contributed by atoms with E-state index >= 15 is 0 Å². The molecule has 0 aromatic heterocycles. The predicted octanol–water partition coefficient (Wildman–Crippen LogP) is 1.90. The maximum Gasteiger partial charge on any atom is 0.286 e. The van der Waals surface area contributed by atoms with Crippen molar-refractivity contribution >= 4 is 28.3 Å². The third-order valence-electron chi connectivity index (χ3n) is 1.15. The molecule has 1 aromatic rings. The number of phenols is 1. The molecular formula is C6H4INO3. The van der Waals surface area contributed by atoms with Gasteiger partial charge < -0.3 is 5.11 Å². The summed E-state index contributed by atoms with van der Waals surface area (Å²) in [4.78, 5) is 9.74. The Bertz CT molecular complexity index is 300. The Morgan fingerprint density at radius 3 is 2.64 bits per heavy atom. The van der Waals surface area contributed by atoms with Crippen molar-refractivity contribution in [2.24, 2.45) is 0 Å². The van der Waals surface area contributed by atoms with Gasteiger partial charge in [-0.3, -0.25) is 10.1 Å². The molecule has 5 heteroatoms. The zero-order valence-corrected chi connectivity index (χ0v) is 7.48. The summed E-state index contributed by atoms with van der Waals surface area (Å²) in [6.07, 6.45) is 0. The first-order valence-corrected chi connectivity index (χ1v) is 3.82. The van der Waals surface area contributed by atoms with Crippen LogP contribution in [0.2, 0.25) is 0 Å². The van der Waals surface area contributed by atoms with Crippen LogP contribution in [0.25, 0.3) is 0 Å². The standard InChI is InChI=1S/C6H4INO3/c7-6-4(8(10)11)2-1-3-5(6)9/h1-3,9H. The highest BCUT2D eigenvalue weighted by Crippen LogP contribution is 2.27. The van der Waals surface area contributed by atoms with Gasteiger partial charge in [-0.2, -0.15) is 0 Å². The van der Waals surface area contributed by atoms with E-state index in [-0.39, 0.29) is 15.0 Å². The number of benzene rings is 1. The summed E-state index contributed by atoms with van der Waals surface area (Å²) in [6.45, 7) is 0. The lowest BCUT2D eigenvalue weighted by molar-refractivity contribution is -0.385. The van der Waals surface area contributed by atoms with E-state index < -0.39 is 4.92 Å². The van der Waals surface area contributed by atoms with E-state index in [0.29, 0.717) is 0 Å². The molecule has 4 nitrogen and oxygen atoms in total. The summed E-state index contributed by atoms with van der Waals surface area (Å²) in [7, 11) is 0. The smallest absolute Gasteiger partial charge is 0.286 e. The Labute approximate surface area is 76.1 Å². The second-order valence-corrected chi connectivity index (χ2v) is 2.95. The molecule has 0 aliphatic carbocycles. The second-order valence-electron chi connectivity index (χ2n) is 1.87. The van der Waals surface area contributed by atoms with E-state index in [1.165, 1.54) is 18.2 Å². The van der Waals surface area contributed by atoms with Gasteiger partial charge in [-0.05, 0) is 28.7 Å². The Balaban J connectivity index is 3.27.